The maximum Gasteiger partial charge on any atom is 0.408 e. The van der Waals surface area contributed by atoms with E-state index < -0.39 is 35.7 Å². The summed E-state index contributed by atoms with van der Waals surface area (Å²) in [5.74, 6) is -1.01. The van der Waals surface area contributed by atoms with Gasteiger partial charge in [0.1, 0.15) is 11.6 Å². The molecule has 8 heteroatoms. The molecule has 1 fully saturated rings. The van der Waals surface area contributed by atoms with Crippen LogP contribution in [0.4, 0.5) is 4.79 Å². The van der Waals surface area contributed by atoms with E-state index in [9.17, 15) is 14.4 Å². The monoisotopic (exact) mass is 448 g/mol. The third kappa shape index (κ3) is 9.26. The highest BCUT2D eigenvalue weighted by Crippen LogP contribution is 2.18. The topological polar surface area (TPSA) is 103 Å². The fourth-order valence-corrected chi connectivity index (χ4v) is 3.64. The molecule has 1 saturated carbocycles. The molecule has 2 amide bonds. The zero-order chi connectivity index (χ0) is 23.6. The summed E-state index contributed by atoms with van der Waals surface area (Å²) in [6, 6.07) is 8.25. The van der Waals surface area contributed by atoms with Gasteiger partial charge in [-0.2, -0.15) is 0 Å². The lowest BCUT2D eigenvalue weighted by atomic mass is 9.95. The van der Waals surface area contributed by atoms with E-state index in [2.05, 4.69) is 10.6 Å². The fourth-order valence-electron chi connectivity index (χ4n) is 3.64. The van der Waals surface area contributed by atoms with Crippen molar-refractivity contribution in [2.24, 2.45) is 0 Å². The number of alkyl carbamates (subject to hydrolysis) is 1. The number of amides is 2. The first-order valence-corrected chi connectivity index (χ1v) is 11.2. The molecule has 32 heavy (non-hydrogen) atoms. The highest BCUT2D eigenvalue weighted by atomic mass is 16.6. The number of benzene rings is 1. The number of methoxy groups -OCH3 is 1. The first-order chi connectivity index (χ1) is 15.2. The molecule has 0 bridgehead atoms. The Morgan fingerprint density at radius 3 is 2.31 bits per heavy atom. The standard InChI is InChI=1S/C24H36N2O6/c1-24(2,3)32-23(29)26-19(16-30-4)21(22(28)25-18-13-9-6-10-14-18)31-20(27)15-17-11-7-5-8-12-17/h5,7-8,11-12,18-19,21H,6,9-10,13-16H2,1-4H3,(H,25,28)(H,26,29)/t19-,21?/m0/s1. The number of hydrogen-bond donors (Lipinski definition) is 2. The fraction of sp³-hybridized carbons (Fsp3) is 0.625. The minimum atomic E-state index is -1.25. The van der Waals surface area contributed by atoms with Gasteiger partial charge >= 0.3 is 12.1 Å². The van der Waals surface area contributed by atoms with Crippen LogP contribution in [0.25, 0.3) is 0 Å². The molecular weight excluding hydrogens is 412 g/mol. The third-order valence-electron chi connectivity index (χ3n) is 5.07. The molecule has 0 heterocycles. The van der Waals surface area contributed by atoms with Crippen LogP contribution in [-0.2, 0) is 30.2 Å². The van der Waals surface area contributed by atoms with Gasteiger partial charge in [-0.3, -0.25) is 9.59 Å². The van der Waals surface area contributed by atoms with E-state index in [0.29, 0.717) is 0 Å². The average Bonchev–Trinajstić information content (AvgIpc) is 2.72. The molecular formula is C24H36N2O6. The van der Waals surface area contributed by atoms with Crippen LogP contribution in [0, 0.1) is 0 Å². The molecule has 0 aliphatic heterocycles. The Morgan fingerprint density at radius 1 is 1.06 bits per heavy atom. The largest absolute Gasteiger partial charge is 0.450 e. The van der Waals surface area contributed by atoms with Gasteiger partial charge in [0.25, 0.3) is 5.91 Å². The van der Waals surface area contributed by atoms with Gasteiger partial charge in [0.05, 0.1) is 13.0 Å². The Kier molecular flexibility index (Phi) is 9.97. The zero-order valence-corrected chi connectivity index (χ0v) is 19.5. The molecule has 1 aliphatic rings. The van der Waals surface area contributed by atoms with Gasteiger partial charge in [-0.25, -0.2) is 4.79 Å². The first kappa shape index (κ1) is 25.6. The number of nitrogens with one attached hydrogen (secondary N) is 2. The van der Waals surface area contributed by atoms with Crippen LogP contribution in [0.15, 0.2) is 30.3 Å². The quantitative estimate of drug-likeness (QED) is 0.563. The molecule has 0 aromatic heterocycles. The van der Waals surface area contributed by atoms with Crippen molar-refractivity contribution in [2.45, 2.75) is 83.1 Å². The van der Waals surface area contributed by atoms with Crippen LogP contribution >= 0.6 is 0 Å². The number of rotatable bonds is 9. The van der Waals surface area contributed by atoms with Gasteiger partial charge in [0.2, 0.25) is 6.10 Å². The summed E-state index contributed by atoms with van der Waals surface area (Å²) in [7, 11) is 1.45. The van der Waals surface area contributed by atoms with E-state index in [4.69, 9.17) is 14.2 Å². The lowest BCUT2D eigenvalue weighted by molar-refractivity contribution is -0.158. The van der Waals surface area contributed by atoms with Crippen molar-refractivity contribution in [2.75, 3.05) is 13.7 Å². The second kappa shape index (κ2) is 12.4. The molecule has 2 atom stereocenters. The molecule has 0 radical (unpaired) electrons. The van der Waals surface area contributed by atoms with Gasteiger partial charge in [-0.15, -0.1) is 0 Å². The SMILES string of the molecule is COC[C@H](NC(=O)OC(C)(C)C)C(OC(=O)Cc1ccccc1)C(=O)NC1CCCCC1. The van der Waals surface area contributed by atoms with Crippen molar-refractivity contribution in [3.8, 4) is 0 Å². The van der Waals surface area contributed by atoms with Gasteiger partial charge in [-0.1, -0.05) is 49.6 Å². The molecule has 2 rings (SSSR count). The van der Waals surface area contributed by atoms with Crippen molar-refractivity contribution in [3.63, 3.8) is 0 Å². The second-order valence-corrected chi connectivity index (χ2v) is 9.12. The minimum Gasteiger partial charge on any atom is -0.450 e. The Bertz CT molecular complexity index is 741. The summed E-state index contributed by atoms with van der Waals surface area (Å²) >= 11 is 0. The average molecular weight is 449 g/mol. The van der Waals surface area contributed by atoms with Gasteiger partial charge < -0.3 is 24.8 Å². The van der Waals surface area contributed by atoms with Gasteiger partial charge in [0, 0.05) is 13.2 Å². The predicted octanol–water partition coefficient (Wildman–Crippen LogP) is 3.13. The van der Waals surface area contributed by atoms with E-state index in [0.717, 1.165) is 37.7 Å². The Hall–Kier alpha value is -2.61. The summed E-state index contributed by atoms with van der Waals surface area (Å²) in [4.78, 5) is 38.2. The van der Waals surface area contributed by atoms with Crippen LogP contribution in [0.3, 0.4) is 0 Å². The van der Waals surface area contributed by atoms with Crippen molar-refractivity contribution in [1.82, 2.24) is 10.6 Å². The number of carbonyl (C=O) groups excluding carboxylic acids is 3. The highest BCUT2D eigenvalue weighted by molar-refractivity contribution is 5.86. The number of carbonyl (C=O) groups is 3. The van der Waals surface area contributed by atoms with Crippen LogP contribution in [0.2, 0.25) is 0 Å². The predicted molar refractivity (Wildman–Crippen MR) is 120 cm³/mol. The Labute approximate surface area is 190 Å². The summed E-state index contributed by atoms with van der Waals surface area (Å²) in [5, 5.41) is 5.62. The second-order valence-electron chi connectivity index (χ2n) is 9.12. The molecule has 1 aromatic rings. The third-order valence-corrected chi connectivity index (χ3v) is 5.07. The molecule has 8 nitrogen and oxygen atoms in total. The molecule has 0 spiro atoms. The molecule has 178 valence electrons. The molecule has 1 unspecified atom stereocenters. The number of ether oxygens (including phenoxy) is 3. The van der Waals surface area contributed by atoms with Crippen molar-refractivity contribution in [1.29, 1.82) is 0 Å². The Balaban J connectivity index is 2.15. The normalized spacial score (nSPS) is 16.5. The van der Waals surface area contributed by atoms with Crippen LogP contribution in [-0.4, -0.2) is 55.5 Å². The van der Waals surface area contributed by atoms with E-state index in [1.165, 1.54) is 7.11 Å². The zero-order valence-electron chi connectivity index (χ0n) is 19.5. The van der Waals surface area contributed by atoms with Crippen LogP contribution in [0.1, 0.15) is 58.4 Å². The van der Waals surface area contributed by atoms with E-state index >= 15 is 0 Å². The van der Waals surface area contributed by atoms with Crippen LogP contribution < -0.4 is 10.6 Å². The summed E-state index contributed by atoms with van der Waals surface area (Å²) < 4.78 is 16.1. The van der Waals surface area contributed by atoms with Crippen molar-refractivity contribution < 1.29 is 28.6 Å². The maximum atomic E-state index is 13.1. The maximum absolute atomic E-state index is 13.1. The lowest BCUT2D eigenvalue weighted by Gasteiger charge is -2.30. The highest BCUT2D eigenvalue weighted by Gasteiger charge is 2.35. The van der Waals surface area contributed by atoms with Gasteiger partial charge in [-0.05, 0) is 39.2 Å². The number of esters is 1. The summed E-state index contributed by atoms with van der Waals surface area (Å²) in [6.45, 7) is 5.20. The van der Waals surface area contributed by atoms with E-state index in [1.807, 2.05) is 30.3 Å². The Morgan fingerprint density at radius 2 is 1.72 bits per heavy atom. The summed E-state index contributed by atoms with van der Waals surface area (Å²) in [6.07, 6.45) is 3.04. The molecule has 1 aliphatic carbocycles. The first-order valence-electron chi connectivity index (χ1n) is 11.2. The van der Waals surface area contributed by atoms with Crippen molar-refractivity contribution >= 4 is 18.0 Å². The van der Waals surface area contributed by atoms with E-state index in [1.54, 1.807) is 20.8 Å². The summed E-state index contributed by atoms with van der Waals surface area (Å²) in [5.41, 5.74) is 0.0540. The number of hydrogen-bond acceptors (Lipinski definition) is 6. The van der Waals surface area contributed by atoms with Crippen LogP contribution in [0.5, 0.6) is 0 Å². The lowest BCUT2D eigenvalue weighted by Crippen LogP contribution is -2.56. The minimum absolute atomic E-state index is 0.0141. The smallest absolute Gasteiger partial charge is 0.408 e. The van der Waals surface area contributed by atoms with Crippen molar-refractivity contribution in [3.05, 3.63) is 35.9 Å². The molecule has 2 N–H and O–H groups in total. The molecule has 0 saturated heterocycles. The van der Waals surface area contributed by atoms with Gasteiger partial charge in [0.15, 0.2) is 0 Å². The van der Waals surface area contributed by atoms with E-state index in [-0.39, 0.29) is 19.1 Å². The molecule has 1 aromatic carbocycles.